The average Bonchev–Trinajstić information content (AvgIpc) is 2.71. The van der Waals surface area contributed by atoms with Gasteiger partial charge in [0, 0.05) is 43.7 Å². The van der Waals surface area contributed by atoms with Gasteiger partial charge in [-0.05, 0) is 51.8 Å². The first-order chi connectivity index (χ1) is 14.6. The Morgan fingerprint density at radius 2 is 1.74 bits per heavy atom. The molecular formula is C22H30N4O4S. The van der Waals surface area contributed by atoms with Crippen molar-refractivity contribution >= 4 is 32.6 Å². The summed E-state index contributed by atoms with van der Waals surface area (Å²) in [5.41, 5.74) is 1.44. The molecule has 4 rings (SSSR count). The molecule has 0 unspecified atom stereocenters. The molecule has 1 aromatic carbocycles. The van der Waals surface area contributed by atoms with E-state index >= 15 is 0 Å². The Hall–Kier alpha value is -2.26. The van der Waals surface area contributed by atoms with Gasteiger partial charge < -0.3 is 14.5 Å². The van der Waals surface area contributed by atoms with Gasteiger partial charge in [-0.2, -0.15) is 0 Å². The number of hydrogen-bond acceptors (Lipinski definition) is 7. The fourth-order valence-electron chi connectivity index (χ4n) is 4.57. The molecule has 0 N–H and O–H groups in total. The van der Waals surface area contributed by atoms with E-state index in [-0.39, 0.29) is 28.9 Å². The summed E-state index contributed by atoms with van der Waals surface area (Å²) < 4.78 is 29.6. The molecule has 8 nitrogen and oxygen atoms in total. The van der Waals surface area contributed by atoms with Crippen LogP contribution in [-0.2, 0) is 19.4 Å². The molecule has 1 amide bonds. The Morgan fingerprint density at radius 1 is 1.10 bits per heavy atom. The molecule has 2 aliphatic rings. The molecule has 1 aromatic heterocycles. The van der Waals surface area contributed by atoms with Crippen molar-refractivity contribution in [1.82, 2.24) is 14.9 Å². The molecular weight excluding hydrogens is 416 g/mol. The number of benzene rings is 1. The Labute approximate surface area is 183 Å². The standard InChI is InChI=1S/C22H30N4O4S/c1-14-12-26(13-15(2)30-14)21(27)17-7-9-25(10-8-17)22-23-16(3)19-6-5-18(31(4,28)29)11-20(19)24-22/h5-6,11,14-15,17H,7-10,12-13H2,1-4H3/t14-,15+. The first-order valence-electron chi connectivity index (χ1n) is 10.8. The maximum atomic E-state index is 13.0. The van der Waals surface area contributed by atoms with Crippen molar-refractivity contribution in [3.63, 3.8) is 0 Å². The van der Waals surface area contributed by atoms with Crippen LogP contribution in [-0.4, -0.2) is 73.8 Å². The van der Waals surface area contributed by atoms with E-state index in [0.29, 0.717) is 37.6 Å². The number of ether oxygens (including phenoxy) is 1. The maximum absolute atomic E-state index is 13.0. The monoisotopic (exact) mass is 446 g/mol. The van der Waals surface area contributed by atoms with E-state index in [1.807, 2.05) is 25.7 Å². The van der Waals surface area contributed by atoms with E-state index in [2.05, 4.69) is 14.9 Å². The first kappa shape index (κ1) is 22.0. The van der Waals surface area contributed by atoms with E-state index in [1.165, 1.54) is 6.26 Å². The molecule has 2 aromatic rings. The van der Waals surface area contributed by atoms with Gasteiger partial charge in [0.15, 0.2) is 9.84 Å². The number of sulfone groups is 1. The minimum atomic E-state index is -3.31. The van der Waals surface area contributed by atoms with Crippen LogP contribution in [0.5, 0.6) is 0 Å². The van der Waals surface area contributed by atoms with Crippen LogP contribution >= 0.6 is 0 Å². The molecule has 2 aliphatic heterocycles. The Morgan fingerprint density at radius 3 is 2.35 bits per heavy atom. The molecule has 3 heterocycles. The van der Waals surface area contributed by atoms with E-state index in [9.17, 15) is 13.2 Å². The van der Waals surface area contributed by atoms with Gasteiger partial charge in [-0.15, -0.1) is 0 Å². The number of amides is 1. The van der Waals surface area contributed by atoms with Gasteiger partial charge in [0.1, 0.15) is 0 Å². The summed E-state index contributed by atoms with van der Waals surface area (Å²) in [7, 11) is -3.31. The van der Waals surface area contributed by atoms with Crippen molar-refractivity contribution < 1.29 is 17.9 Å². The fraction of sp³-hybridized carbons (Fsp3) is 0.591. The summed E-state index contributed by atoms with van der Waals surface area (Å²) >= 11 is 0. The highest BCUT2D eigenvalue weighted by Crippen LogP contribution is 2.27. The number of morpholine rings is 1. The molecule has 168 valence electrons. The van der Waals surface area contributed by atoms with Crippen LogP contribution in [0.4, 0.5) is 5.95 Å². The molecule has 2 atom stereocenters. The minimum Gasteiger partial charge on any atom is -0.372 e. The van der Waals surface area contributed by atoms with Gasteiger partial charge in [0.05, 0.1) is 28.3 Å². The number of fused-ring (bicyclic) bond motifs is 1. The molecule has 0 radical (unpaired) electrons. The molecule has 31 heavy (non-hydrogen) atoms. The molecule has 0 bridgehead atoms. The van der Waals surface area contributed by atoms with E-state index < -0.39 is 9.84 Å². The second-order valence-corrected chi connectivity index (χ2v) is 10.8. The van der Waals surface area contributed by atoms with Gasteiger partial charge in [0.25, 0.3) is 0 Å². The number of aryl methyl sites for hydroxylation is 1. The Bertz CT molecular complexity index is 1090. The number of carbonyl (C=O) groups excluding carboxylic acids is 1. The number of piperidine rings is 1. The lowest BCUT2D eigenvalue weighted by atomic mass is 9.95. The highest BCUT2D eigenvalue weighted by molar-refractivity contribution is 7.90. The Balaban J connectivity index is 1.48. The van der Waals surface area contributed by atoms with Crippen molar-refractivity contribution in [3.05, 3.63) is 23.9 Å². The third-order valence-corrected chi connectivity index (χ3v) is 7.24. The quantitative estimate of drug-likeness (QED) is 0.713. The Kier molecular flexibility index (Phi) is 5.91. The number of hydrogen-bond donors (Lipinski definition) is 0. The van der Waals surface area contributed by atoms with Gasteiger partial charge in [-0.3, -0.25) is 4.79 Å². The van der Waals surface area contributed by atoms with Crippen LogP contribution in [0, 0.1) is 12.8 Å². The van der Waals surface area contributed by atoms with Crippen LogP contribution in [0.15, 0.2) is 23.1 Å². The van der Waals surface area contributed by atoms with Crippen LogP contribution in [0.3, 0.4) is 0 Å². The normalized spacial score (nSPS) is 23.4. The summed E-state index contributed by atoms with van der Waals surface area (Å²) in [5, 5.41) is 0.844. The number of nitrogens with zero attached hydrogens (tertiary/aromatic N) is 4. The molecule has 2 fully saturated rings. The number of rotatable bonds is 3. The first-order valence-corrected chi connectivity index (χ1v) is 12.7. The van der Waals surface area contributed by atoms with Crippen LogP contribution in [0.25, 0.3) is 10.9 Å². The number of anilines is 1. The predicted octanol–water partition coefficient (Wildman–Crippen LogP) is 2.19. The zero-order chi connectivity index (χ0) is 22.3. The fourth-order valence-corrected chi connectivity index (χ4v) is 5.21. The lowest BCUT2D eigenvalue weighted by Gasteiger charge is -2.39. The topological polar surface area (TPSA) is 92.7 Å². The van der Waals surface area contributed by atoms with Crippen molar-refractivity contribution in [2.75, 3.05) is 37.3 Å². The minimum absolute atomic E-state index is 0.00661. The summed E-state index contributed by atoms with van der Waals surface area (Å²) in [5.74, 6) is 0.817. The third kappa shape index (κ3) is 4.67. The maximum Gasteiger partial charge on any atom is 0.226 e. The highest BCUT2D eigenvalue weighted by Gasteiger charge is 2.33. The van der Waals surface area contributed by atoms with E-state index in [0.717, 1.165) is 23.9 Å². The molecule has 0 spiro atoms. The lowest BCUT2D eigenvalue weighted by Crippen LogP contribution is -2.51. The summed E-state index contributed by atoms with van der Waals surface area (Å²) in [6.45, 7) is 8.62. The van der Waals surface area contributed by atoms with Crippen molar-refractivity contribution in [2.24, 2.45) is 5.92 Å². The smallest absolute Gasteiger partial charge is 0.226 e. The molecule has 2 saturated heterocycles. The van der Waals surface area contributed by atoms with Crippen molar-refractivity contribution in [1.29, 1.82) is 0 Å². The van der Waals surface area contributed by atoms with Gasteiger partial charge in [-0.1, -0.05) is 0 Å². The zero-order valence-corrected chi connectivity index (χ0v) is 19.4. The summed E-state index contributed by atoms with van der Waals surface area (Å²) in [6.07, 6.45) is 2.84. The number of carbonyl (C=O) groups is 1. The summed E-state index contributed by atoms with van der Waals surface area (Å²) in [4.78, 5) is 26.6. The molecule has 9 heteroatoms. The van der Waals surface area contributed by atoms with Crippen LogP contribution in [0.2, 0.25) is 0 Å². The summed E-state index contributed by atoms with van der Waals surface area (Å²) in [6, 6.07) is 4.97. The lowest BCUT2D eigenvalue weighted by molar-refractivity contribution is -0.148. The number of aromatic nitrogens is 2. The van der Waals surface area contributed by atoms with Gasteiger partial charge >= 0.3 is 0 Å². The predicted molar refractivity (Wildman–Crippen MR) is 119 cm³/mol. The largest absolute Gasteiger partial charge is 0.372 e. The molecule has 0 aliphatic carbocycles. The zero-order valence-electron chi connectivity index (χ0n) is 18.5. The molecule has 0 saturated carbocycles. The van der Waals surface area contributed by atoms with Gasteiger partial charge in [0.2, 0.25) is 11.9 Å². The highest BCUT2D eigenvalue weighted by atomic mass is 32.2. The van der Waals surface area contributed by atoms with Crippen LogP contribution in [0.1, 0.15) is 32.4 Å². The van der Waals surface area contributed by atoms with Crippen LogP contribution < -0.4 is 4.90 Å². The second-order valence-electron chi connectivity index (χ2n) is 8.82. The average molecular weight is 447 g/mol. The van der Waals surface area contributed by atoms with Crippen molar-refractivity contribution in [3.8, 4) is 0 Å². The second kappa shape index (κ2) is 8.35. The third-order valence-electron chi connectivity index (χ3n) is 6.13. The van der Waals surface area contributed by atoms with E-state index in [1.54, 1.807) is 18.2 Å². The van der Waals surface area contributed by atoms with E-state index in [4.69, 9.17) is 4.74 Å². The SMILES string of the molecule is Cc1nc(N2CCC(C(=O)N3C[C@@H](C)O[C@@H](C)C3)CC2)nc2cc(S(C)(=O)=O)ccc12. The van der Waals surface area contributed by atoms with Gasteiger partial charge in [-0.25, -0.2) is 18.4 Å². The van der Waals surface area contributed by atoms with Crippen molar-refractivity contribution in [2.45, 2.75) is 50.7 Å².